The van der Waals surface area contributed by atoms with Crippen molar-refractivity contribution in [1.29, 1.82) is 5.26 Å². The zero-order valence-electron chi connectivity index (χ0n) is 10.1. The summed E-state index contributed by atoms with van der Waals surface area (Å²) in [4.78, 5) is 11.8. The van der Waals surface area contributed by atoms with Gasteiger partial charge in [-0.25, -0.2) is 4.68 Å². The third-order valence-electron chi connectivity index (χ3n) is 2.60. The van der Waals surface area contributed by atoms with Crippen molar-refractivity contribution in [2.24, 2.45) is 0 Å². The van der Waals surface area contributed by atoms with Gasteiger partial charge in [0.1, 0.15) is 18.9 Å². The Morgan fingerprint density at radius 1 is 1.45 bits per heavy atom. The van der Waals surface area contributed by atoms with Crippen molar-refractivity contribution in [2.45, 2.75) is 6.54 Å². The number of hydrogen-bond acceptors (Lipinski definition) is 7. The fourth-order valence-electron chi connectivity index (χ4n) is 1.73. The molecule has 0 saturated carbocycles. The smallest absolute Gasteiger partial charge is 0.246 e. The Hall–Kier alpha value is -3.15. The number of anilines is 1. The van der Waals surface area contributed by atoms with Gasteiger partial charge in [-0.2, -0.15) is 5.26 Å². The number of benzene rings is 1. The van der Waals surface area contributed by atoms with Gasteiger partial charge < -0.3 is 14.8 Å². The van der Waals surface area contributed by atoms with Gasteiger partial charge in [-0.05, 0) is 10.4 Å². The maximum atomic E-state index is 11.8. The number of carbonyl (C=O) groups excluding carboxylic acids is 1. The lowest BCUT2D eigenvalue weighted by molar-refractivity contribution is -0.116. The molecule has 0 spiro atoms. The Balaban J connectivity index is 1.80. The van der Waals surface area contributed by atoms with Gasteiger partial charge in [-0.1, -0.05) is 0 Å². The standard InChI is InChI=1S/C11H8N6O3/c12-3-7-1-9-10(20-6-19-9)2-8(7)14-11(18)4-17-5-13-15-16-17/h1-2,5H,4,6H2,(H,14,18). The van der Waals surface area contributed by atoms with E-state index >= 15 is 0 Å². The van der Waals surface area contributed by atoms with Crippen LogP contribution in [0.15, 0.2) is 18.5 Å². The van der Waals surface area contributed by atoms with E-state index in [1.54, 1.807) is 6.07 Å². The van der Waals surface area contributed by atoms with E-state index in [9.17, 15) is 4.79 Å². The SMILES string of the molecule is N#Cc1cc2c(cc1NC(=O)Cn1cnnn1)OCO2. The van der Waals surface area contributed by atoms with Gasteiger partial charge in [0.2, 0.25) is 12.7 Å². The van der Waals surface area contributed by atoms with E-state index in [-0.39, 0.29) is 19.2 Å². The van der Waals surface area contributed by atoms with Crippen LogP contribution in [0, 0.1) is 11.3 Å². The summed E-state index contributed by atoms with van der Waals surface area (Å²) in [5.74, 6) is 0.620. The number of amides is 1. The van der Waals surface area contributed by atoms with Gasteiger partial charge in [0, 0.05) is 12.1 Å². The molecule has 1 aliphatic heterocycles. The van der Waals surface area contributed by atoms with E-state index < -0.39 is 0 Å². The zero-order chi connectivity index (χ0) is 13.9. The first-order chi connectivity index (χ1) is 9.76. The number of fused-ring (bicyclic) bond motifs is 1. The first kappa shape index (κ1) is 11.9. The van der Waals surface area contributed by atoms with E-state index in [1.807, 2.05) is 6.07 Å². The Labute approximate surface area is 112 Å². The van der Waals surface area contributed by atoms with Crippen molar-refractivity contribution in [2.75, 3.05) is 12.1 Å². The second kappa shape index (κ2) is 4.85. The molecule has 0 aliphatic carbocycles. The molecule has 100 valence electrons. The quantitative estimate of drug-likeness (QED) is 0.830. The van der Waals surface area contributed by atoms with E-state index in [0.717, 1.165) is 0 Å². The molecular weight excluding hydrogens is 264 g/mol. The average molecular weight is 272 g/mol. The molecule has 1 aromatic heterocycles. The van der Waals surface area contributed by atoms with Crippen molar-refractivity contribution < 1.29 is 14.3 Å². The average Bonchev–Trinajstić information content (AvgIpc) is 3.08. The fraction of sp³-hybridized carbons (Fsp3) is 0.182. The lowest BCUT2D eigenvalue weighted by Gasteiger charge is -2.07. The minimum Gasteiger partial charge on any atom is -0.454 e. The van der Waals surface area contributed by atoms with Crippen LogP contribution in [-0.4, -0.2) is 32.9 Å². The topological polar surface area (TPSA) is 115 Å². The summed E-state index contributed by atoms with van der Waals surface area (Å²) in [6, 6.07) is 5.07. The molecule has 2 aromatic rings. The predicted molar refractivity (Wildman–Crippen MR) is 63.7 cm³/mol. The molecule has 1 N–H and O–H groups in total. The molecule has 0 unspecified atom stereocenters. The van der Waals surface area contributed by atoms with Crippen molar-refractivity contribution >= 4 is 11.6 Å². The molecule has 2 heterocycles. The van der Waals surface area contributed by atoms with Crippen LogP contribution >= 0.6 is 0 Å². The molecule has 0 bridgehead atoms. The maximum Gasteiger partial charge on any atom is 0.246 e. The van der Waals surface area contributed by atoms with Crippen LogP contribution < -0.4 is 14.8 Å². The van der Waals surface area contributed by atoms with E-state index in [1.165, 1.54) is 17.1 Å². The Bertz CT molecular complexity index is 691. The van der Waals surface area contributed by atoms with Gasteiger partial charge in [-0.15, -0.1) is 5.10 Å². The third kappa shape index (κ3) is 2.22. The monoisotopic (exact) mass is 272 g/mol. The minimum absolute atomic E-state index is 0.0493. The second-order valence-electron chi connectivity index (χ2n) is 3.92. The molecule has 0 fully saturated rings. The van der Waals surface area contributed by atoms with Crippen LogP contribution in [-0.2, 0) is 11.3 Å². The van der Waals surface area contributed by atoms with Crippen molar-refractivity contribution in [3.8, 4) is 17.6 Å². The number of rotatable bonds is 3. The number of nitrogens with one attached hydrogen (secondary N) is 1. The molecule has 9 nitrogen and oxygen atoms in total. The summed E-state index contributed by atoms with van der Waals surface area (Å²) >= 11 is 0. The number of tetrazole rings is 1. The highest BCUT2D eigenvalue weighted by atomic mass is 16.7. The van der Waals surface area contributed by atoms with E-state index in [0.29, 0.717) is 22.7 Å². The molecule has 9 heteroatoms. The largest absolute Gasteiger partial charge is 0.454 e. The Morgan fingerprint density at radius 2 is 2.25 bits per heavy atom. The van der Waals surface area contributed by atoms with Crippen LogP contribution in [0.4, 0.5) is 5.69 Å². The number of aromatic nitrogens is 4. The van der Waals surface area contributed by atoms with Crippen molar-refractivity contribution in [1.82, 2.24) is 20.2 Å². The summed E-state index contributed by atoms with van der Waals surface area (Å²) in [5, 5.41) is 22.1. The van der Waals surface area contributed by atoms with Crippen LogP contribution in [0.1, 0.15) is 5.56 Å². The lowest BCUT2D eigenvalue weighted by Crippen LogP contribution is -2.19. The number of ether oxygens (including phenoxy) is 2. The number of hydrogen-bond donors (Lipinski definition) is 1. The first-order valence-corrected chi connectivity index (χ1v) is 5.60. The summed E-state index contributed by atoms with van der Waals surface area (Å²) in [5.41, 5.74) is 0.647. The summed E-state index contributed by atoms with van der Waals surface area (Å²) < 4.78 is 11.6. The highest BCUT2D eigenvalue weighted by Crippen LogP contribution is 2.36. The highest BCUT2D eigenvalue weighted by Gasteiger charge is 2.18. The molecule has 1 aliphatic rings. The second-order valence-corrected chi connectivity index (χ2v) is 3.92. The van der Waals surface area contributed by atoms with Crippen molar-refractivity contribution in [3.63, 3.8) is 0 Å². The summed E-state index contributed by atoms with van der Waals surface area (Å²) in [6.45, 7) is 0.0501. The van der Waals surface area contributed by atoms with Crippen LogP contribution in [0.5, 0.6) is 11.5 Å². The molecule has 0 saturated heterocycles. The first-order valence-electron chi connectivity index (χ1n) is 5.60. The highest BCUT2D eigenvalue weighted by molar-refractivity contribution is 5.92. The van der Waals surface area contributed by atoms with Gasteiger partial charge >= 0.3 is 0 Å². The maximum absolute atomic E-state index is 11.8. The molecule has 1 aromatic carbocycles. The third-order valence-corrected chi connectivity index (χ3v) is 2.60. The zero-order valence-corrected chi connectivity index (χ0v) is 10.1. The van der Waals surface area contributed by atoms with Crippen LogP contribution in [0.25, 0.3) is 0 Å². The lowest BCUT2D eigenvalue weighted by atomic mass is 10.1. The van der Waals surface area contributed by atoms with E-state index in [4.69, 9.17) is 14.7 Å². The number of nitrogens with zero attached hydrogens (tertiary/aromatic N) is 5. The van der Waals surface area contributed by atoms with Gasteiger partial charge in [0.15, 0.2) is 11.5 Å². The summed E-state index contributed by atoms with van der Waals surface area (Å²) in [7, 11) is 0. The fourth-order valence-corrected chi connectivity index (χ4v) is 1.73. The normalized spacial score (nSPS) is 11.9. The molecule has 0 atom stereocenters. The number of nitriles is 1. The predicted octanol–water partition coefficient (Wildman–Crippen LogP) is -0.0878. The molecule has 0 radical (unpaired) electrons. The summed E-state index contributed by atoms with van der Waals surface area (Å²) in [6.07, 6.45) is 1.32. The molecule has 20 heavy (non-hydrogen) atoms. The van der Waals surface area contributed by atoms with Crippen LogP contribution in [0.2, 0.25) is 0 Å². The molecule has 1 amide bonds. The number of carbonyl (C=O) groups is 1. The van der Waals surface area contributed by atoms with Gasteiger partial charge in [-0.3, -0.25) is 4.79 Å². The van der Waals surface area contributed by atoms with Crippen LogP contribution in [0.3, 0.4) is 0 Å². The van der Waals surface area contributed by atoms with Gasteiger partial charge in [0.05, 0.1) is 11.3 Å². The van der Waals surface area contributed by atoms with Gasteiger partial charge in [0.25, 0.3) is 0 Å². The van der Waals surface area contributed by atoms with E-state index in [2.05, 4.69) is 20.8 Å². The Kier molecular flexibility index (Phi) is 2.89. The molecular formula is C11H8N6O3. The minimum atomic E-state index is -0.354. The van der Waals surface area contributed by atoms with Crippen molar-refractivity contribution in [3.05, 3.63) is 24.0 Å². The Morgan fingerprint density at radius 3 is 2.95 bits per heavy atom. The molecule has 3 rings (SSSR count).